The van der Waals surface area contributed by atoms with E-state index in [9.17, 15) is 14.9 Å². The first-order chi connectivity index (χ1) is 13.0. The zero-order chi connectivity index (χ0) is 19.4. The molecule has 0 fully saturated rings. The maximum absolute atomic E-state index is 12.3. The van der Waals surface area contributed by atoms with E-state index < -0.39 is 4.92 Å². The smallest absolute Gasteiger partial charge is 0.280 e. The standard InChI is InChI=1S/C19H17ClN2O5/c1-2-15(12-3-6-14(20)7-4-12)21-19(23)8-5-13-9-17-18(27-11-26-17)10-16(13)22(24)25/h3-10,15H,2,11H2,1H3,(H,21,23)/b8-5+. The fourth-order valence-corrected chi connectivity index (χ4v) is 2.87. The quantitative estimate of drug-likeness (QED) is 0.453. The minimum Gasteiger partial charge on any atom is -0.454 e. The summed E-state index contributed by atoms with van der Waals surface area (Å²) in [6, 6.07) is 9.82. The van der Waals surface area contributed by atoms with Crippen LogP contribution in [0.1, 0.15) is 30.5 Å². The van der Waals surface area contributed by atoms with Gasteiger partial charge in [-0.2, -0.15) is 0 Å². The van der Waals surface area contributed by atoms with Crippen LogP contribution in [0.25, 0.3) is 6.08 Å². The Labute approximate surface area is 160 Å². The largest absolute Gasteiger partial charge is 0.454 e. The number of nitro benzene ring substituents is 1. The zero-order valence-electron chi connectivity index (χ0n) is 14.5. The molecule has 1 heterocycles. The van der Waals surface area contributed by atoms with Crippen LogP contribution in [0.15, 0.2) is 42.5 Å². The molecule has 3 rings (SSSR count). The molecule has 8 heteroatoms. The lowest BCUT2D eigenvalue weighted by atomic mass is 10.0. The lowest BCUT2D eigenvalue weighted by molar-refractivity contribution is -0.385. The zero-order valence-corrected chi connectivity index (χ0v) is 15.2. The number of nitro groups is 1. The van der Waals surface area contributed by atoms with Crippen molar-refractivity contribution in [3.63, 3.8) is 0 Å². The number of fused-ring (bicyclic) bond motifs is 1. The highest BCUT2D eigenvalue weighted by Gasteiger charge is 2.22. The van der Waals surface area contributed by atoms with E-state index in [0.29, 0.717) is 22.9 Å². The number of hydrogen-bond donors (Lipinski definition) is 1. The first-order valence-electron chi connectivity index (χ1n) is 8.30. The number of carbonyl (C=O) groups is 1. The van der Waals surface area contributed by atoms with Crippen molar-refractivity contribution in [3.05, 3.63) is 68.7 Å². The van der Waals surface area contributed by atoms with E-state index in [1.54, 1.807) is 12.1 Å². The lowest BCUT2D eigenvalue weighted by Crippen LogP contribution is -2.26. The summed E-state index contributed by atoms with van der Waals surface area (Å²) in [5.74, 6) is 0.370. The van der Waals surface area contributed by atoms with Crippen LogP contribution in [0.3, 0.4) is 0 Å². The maximum Gasteiger partial charge on any atom is 0.280 e. The van der Waals surface area contributed by atoms with Gasteiger partial charge in [-0.05, 0) is 36.3 Å². The molecule has 27 heavy (non-hydrogen) atoms. The van der Waals surface area contributed by atoms with Crippen molar-refractivity contribution in [3.8, 4) is 11.5 Å². The van der Waals surface area contributed by atoms with Crippen molar-refractivity contribution in [2.24, 2.45) is 0 Å². The van der Waals surface area contributed by atoms with Gasteiger partial charge in [-0.3, -0.25) is 14.9 Å². The molecule has 1 unspecified atom stereocenters. The second kappa shape index (κ2) is 8.09. The molecule has 0 aromatic heterocycles. The van der Waals surface area contributed by atoms with E-state index in [1.165, 1.54) is 24.3 Å². The van der Waals surface area contributed by atoms with Gasteiger partial charge in [0.1, 0.15) is 0 Å². The molecule has 1 amide bonds. The minimum absolute atomic E-state index is 0.0133. The van der Waals surface area contributed by atoms with Gasteiger partial charge in [-0.25, -0.2) is 0 Å². The summed E-state index contributed by atoms with van der Waals surface area (Å²) in [7, 11) is 0. The summed E-state index contributed by atoms with van der Waals surface area (Å²) in [5, 5.41) is 14.8. The average molecular weight is 389 g/mol. The van der Waals surface area contributed by atoms with Gasteiger partial charge in [-0.1, -0.05) is 30.7 Å². The van der Waals surface area contributed by atoms with Gasteiger partial charge in [0.05, 0.1) is 22.6 Å². The highest BCUT2D eigenvalue weighted by molar-refractivity contribution is 6.30. The summed E-state index contributed by atoms with van der Waals surface area (Å²) in [6.45, 7) is 1.96. The Bertz CT molecular complexity index is 896. The number of nitrogens with zero attached hydrogens (tertiary/aromatic N) is 1. The SMILES string of the molecule is CCC(NC(=O)/C=C/c1cc2c(cc1[N+](=O)[O-])OCO2)c1ccc(Cl)cc1. The Balaban J connectivity index is 1.76. The van der Waals surface area contributed by atoms with Gasteiger partial charge in [0.2, 0.25) is 12.7 Å². The Morgan fingerprint density at radius 2 is 1.96 bits per heavy atom. The lowest BCUT2D eigenvalue weighted by Gasteiger charge is -2.16. The Hall–Kier alpha value is -3.06. The van der Waals surface area contributed by atoms with Crippen LogP contribution in [0, 0.1) is 10.1 Å². The predicted molar refractivity (Wildman–Crippen MR) is 101 cm³/mol. The Morgan fingerprint density at radius 1 is 1.30 bits per heavy atom. The van der Waals surface area contributed by atoms with Crippen LogP contribution in [0.5, 0.6) is 11.5 Å². The summed E-state index contributed by atoms with van der Waals surface area (Å²) in [5.41, 5.74) is 1.03. The van der Waals surface area contributed by atoms with Crippen molar-refractivity contribution >= 4 is 29.3 Å². The third-order valence-electron chi connectivity index (χ3n) is 4.13. The predicted octanol–water partition coefficient (Wildman–Crippen LogP) is 4.26. The fourth-order valence-electron chi connectivity index (χ4n) is 2.74. The number of amides is 1. The first-order valence-corrected chi connectivity index (χ1v) is 8.67. The number of hydrogen-bond acceptors (Lipinski definition) is 5. The molecule has 1 atom stereocenters. The van der Waals surface area contributed by atoms with Gasteiger partial charge < -0.3 is 14.8 Å². The van der Waals surface area contributed by atoms with Crippen LogP contribution in [0.4, 0.5) is 5.69 Å². The highest BCUT2D eigenvalue weighted by atomic mass is 35.5. The molecule has 0 saturated carbocycles. The number of ether oxygens (including phenoxy) is 2. The molecule has 2 aromatic rings. The third kappa shape index (κ3) is 4.38. The first kappa shape index (κ1) is 18.7. The van der Waals surface area contributed by atoms with Gasteiger partial charge in [0.15, 0.2) is 11.5 Å². The average Bonchev–Trinajstić information content (AvgIpc) is 3.11. The monoisotopic (exact) mass is 388 g/mol. The molecule has 0 radical (unpaired) electrons. The summed E-state index contributed by atoms with van der Waals surface area (Å²) in [6.07, 6.45) is 3.35. The summed E-state index contributed by atoms with van der Waals surface area (Å²) < 4.78 is 10.4. The van der Waals surface area contributed by atoms with E-state index in [-0.39, 0.29) is 30.0 Å². The summed E-state index contributed by atoms with van der Waals surface area (Å²) >= 11 is 5.89. The molecular weight excluding hydrogens is 372 g/mol. The third-order valence-corrected chi connectivity index (χ3v) is 4.38. The van der Waals surface area contributed by atoms with E-state index >= 15 is 0 Å². The second-order valence-corrected chi connectivity index (χ2v) is 6.31. The maximum atomic E-state index is 12.3. The Morgan fingerprint density at radius 3 is 2.59 bits per heavy atom. The molecule has 1 aliphatic rings. The molecule has 7 nitrogen and oxygen atoms in total. The number of benzene rings is 2. The Kier molecular flexibility index (Phi) is 5.61. The van der Waals surface area contributed by atoms with Gasteiger partial charge in [-0.15, -0.1) is 0 Å². The van der Waals surface area contributed by atoms with Gasteiger partial charge in [0.25, 0.3) is 5.69 Å². The molecule has 0 bridgehead atoms. The van der Waals surface area contributed by atoms with Gasteiger partial charge in [0, 0.05) is 11.1 Å². The highest BCUT2D eigenvalue weighted by Crippen LogP contribution is 2.38. The van der Waals surface area contributed by atoms with Crippen molar-refractivity contribution in [2.75, 3.05) is 6.79 Å². The van der Waals surface area contributed by atoms with Crippen LogP contribution in [-0.2, 0) is 4.79 Å². The molecule has 2 aromatic carbocycles. The van der Waals surface area contributed by atoms with E-state index in [0.717, 1.165) is 5.56 Å². The van der Waals surface area contributed by atoms with E-state index in [2.05, 4.69) is 5.32 Å². The normalized spacial score (nSPS) is 13.6. The minimum atomic E-state index is -0.526. The van der Waals surface area contributed by atoms with Crippen molar-refractivity contribution in [1.29, 1.82) is 0 Å². The molecule has 140 valence electrons. The van der Waals surface area contributed by atoms with E-state index in [1.807, 2.05) is 19.1 Å². The molecule has 0 spiro atoms. The van der Waals surface area contributed by atoms with Crippen molar-refractivity contribution in [1.82, 2.24) is 5.32 Å². The molecular formula is C19H17ClN2O5. The second-order valence-electron chi connectivity index (χ2n) is 5.88. The number of carbonyl (C=O) groups excluding carboxylic acids is 1. The number of halogens is 1. The van der Waals surface area contributed by atoms with Crippen molar-refractivity contribution < 1.29 is 19.2 Å². The van der Waals surface area contributed by atoms with Crippen LogP contribution in [0.2, 0.25) is 5.02 Å². The topological polar surface area (TPSA) is 90.7 Å². The molecule has 1 aliphatic heterocycles. The van der Waals surface area contributed by atoms with Crippen LogP contribution in [-0.4, -0.2) is 17.6 Å². The fraction of sp³-hybridized carbons (Fsp3) is 0.211. The van der Waals surface area contributed by atoms with Gasteiger partial charge >= 0.3 is 0 Å². The van der Waals surface area contributed by atoms with Crippen LogP contribution < -0.4 is 14.8 Å². The number of rotatable bonds is 6. The molecule has 0 saturated heterocycles. The van der Waals surface area contributed by atoms with Crippen molar-refractivity contribution in [2.45, 2.75) is 19.4 Å². The molecule has 0 aliphatic carbocycles. The number of nitrogens with one attached hydrogen (secondary N) is 1. The molecule has 1 N–H and O–H groups in total. The summed E-state index contributed by atoms with van der Waals surface area (Å²) in [4.78, 5) is 23.0. The van der Waals surface area contributed by atoms with E-state index in [4.69, 9.17) is 21.1 Å². The van der Waals surface area contributed by atoms with Crippen LogP contribution >= 0.6 is 11.6 Å².